The zero-order valence-corrected chi connectivity index (χ0v) is 12.8. The smallest absolute Gasteiger partial charge is 0.418 e. The van der Waals surface area contributed by atoms with Gasteiger partial charge in [-0.2, -0.15) is 0 Å². The van der Waals surface area contributed by atoms with Crippen molar-refractivity contribution >= 4 is 16.9 Å². The number of nitrogens with one attached hydrogen (secondary N) is 1. The van der Waals surface area contributed by atoms with Crippen molar-refractivity contribution in [1.82, 2.24) is 9.55 Å². The number of aromatic nitrogens is 2. The Labute approximate surface area is 128 Å². The normalized spacial score (nSPS) is 11.8. The van der Waals surface area contributed by atoms with Crippen LogP contribution in [0.2, 0.25) is 0 Å². The van der Waals surface area contributed by atoms with Crippen molar-refractivity contribution < 1.29 is 14.6 Å². The van der Waals surface area contributed by atoms with E-state index in [0.717, 1.165) is 10.9 Å². The van der Waals surface area contributed by atoms with Gasteiger partial charge in [-0.05, 0) is 32.9 Å². The third-order valence-corrected chi connectivity index (χ3v) is 3.31. The Hall–Kier alpha value is -2.69. The number of ether oxygens (including phenoxy) is 1. The fraction of sp³-hybridized carbons (Fsp3) is 0.235. The van der Waals surface area contributed by atoms with E-state index in [2.05, 4.69) is 4.98 Å². The van der Waals surface area contributed by atoms with Crippen LogP contribution in [-0.4, -0.2) is 26.4 Å². The van der Waals surface area contributed by atoms with Gasteiger partial charge in [0.05, 0.1) is 11.1 Å². The van der Waals surface area contributed by atoms with Gasteiger partial charge in [0.2, 0.25) is 0 Å². The highest BCUT2D eigenvalue weighted by Crippen LogP contribution is 2.34. The van der Waals surface area contributed by atoms with Gasteiger partial charge in [0, 0.05) is 23.3 Å². The van der Waals surface area contributed by atoms with Gasteiger partial charge >= 0.3 is 6.09 Å². The lowest BCUT2D eigenvalue weighted by Gasteiger charge is -2.20. The first-order chi connectivity index (χ1) is 10.4. The lowest BCUT2D eigenvalue weighted by atomic mass is 10.1. The second kappa shape index (κ2) is 4.94. The Morgan fingerprint density at radius 3 is 2.73 bits per heavy atom. The Balaban J connectivity index is 2.12. The molecule has 0 aliphatic heterocycles. The first kappa shape index (κ1) is 14.3. The van der Waals surface area contributed by atoms with Crippen LogP contribution in [0.15, 0.2) is 42.7 Å². The molecule has 0 aliphatic rings. The number of aromatic amines is 1. The van der Waals surface area contributed by atoms with Crippen molar-refractivity contribution in [2.24, 2.45) is 0 Å². The number of carbonyl (C=O) groups is 1. The number of hydrogen-bond acceptors (Lipinski definition) is 3. The van der Waals surface area contributed by atoms with Crippen LogP contribution in [0.5, 0.6) is 5.88 Å². The standard InChI is InChI=1S/C17H18N2O3/c1-17(2,3)22-16(21)19-9-5-8-13(19)12-7-4-6-11-10-18-15(20)14(11)12/h4-10,18,20H,1-3H3. The SMILES string of the molecule is CC(C)(C)OC(=O)n1cccc1-c1cccc2c[nH]c(O)c12. The van der Waals surface area contributed by atoms with Crippen LogP contribution < -0.4 is 0 Å². The second-order valence-electron chi connectivity index (χ2n) is 6.15. The molecule has 0 saturated carbocycles. The summed E-state index contributed by atoms with van der Waals surface area (Å²) in [7, 11) is 0. The summed E-state index contributed by atoms with van der Waals surface area (Å²) < 4.78 is 6.87. The maximum Gasteiger partial charge on any atom is 0.418 e. The molecule has 5 nitrogen and oxygen atoms in total. The molecule has 0 radical (unpaired) electrons. The minimum Gasteiger partial charge on any atom is -0.494 e. The van der Waals surface area contributed by atoms with E-state index in [1.165, 1.54) is 4.57 Å². The minimum atomic E-state index is -0.569. The highest BCUT2D eigenvalue weighted by Gasteiger charge is 2.21. The lowest BCUT2D eigenvalue weighted by Crippen LogP contribution is -2.27. The number of hydrogen-bond donors (Lipinski definition) is 2. The Kier molecular flexibility index (Phi) is 3.20. The number of rotatable bonds is 1. The van der Waals surface area contributed by atoms with Crippen molar-refractivity contribution in [3.05, 3.63) is 42.7 Å². The summed E-state index contributed by atoms with van der Waals surface area (Å²) in [5.41, 5.74) is 0.878. The van der Waals surface area contributed by atoms with Crippen molar-refractivity contribution in [2.75, 3.05) is 0 Å². The maximum atomic E-state index is 12.3. The first-order valence-corrected chi connectivity index (χ1v) is 7.07. The molecule has 0 saturated heterocycles. The lowest BCUT2D eigenvalue weighted by molar-refractivity contribution is 0.0540. The van der Waals surface area contributed by atoms with Crippen molar-refractivity contribution in [1.29, 1.82) is 0 Å². The Morgan fingerprint density at radius 2 is 2.00 bits per heavy atom. The van der Waals surface area contributed by atoms with E-state index >= 15 is 0 Å². The Morgan fingerprint density at radius 1 is 1.23 bits per heavy atom. The average Bonchev–Trinajstić information content (AvgIpc) is 3.04. The topological polar surface area (TPSA) is 67.2 Å². The highest BCUT2D eigenvalue weighted by molar-refractivity contribution is 6.00. The van der Waals surface area contributed by atoms with Crippen LogP contribution in [0.25, 0.3) is 22.0 Å². The van der Waals surface area contributed by atoms with Gasteiger partial charge in [0.25, 0.3) is 0 Å². The van der Waals surface area contributed by atoms with Gasteiger partial charge in [-0.25, -0.2) is 4.79 Å². The number of fused-ring (bicyclic) bond motifs is 1. The summed E-state index contributed by atoms with van der Waals surface area (Å²) in [6, 6.07) is 9.26. The molecule has 0 amide bonds. The summed E-state index contributed by atoms with van der Waals surface area (Å²) in [5, 5.41) is 11.6. The third-order valence-electron chi connectivity index (χ3n) is 3.31. The molecule has 0 fully saturated rings. The molecule has 0 bridgehead atoms. The molecule has 114 valence electrons. The molecular formula is C17H18N2O3. The molecular weight excluding hydrogens is 280 g/mol. The molecule has 0 unspecified atom stereocenters. The summed E-state index contributed by atoms with van der Waals surface area (Å²) in [6.45, 7) is 5.48. The van der Waals surface area contributed by atoms with E-state index in [-0.39, 0.29) is 5.88 Å². The van der Waals surface area contributed by atoms with Gasteiger partial charge < -0.3 is 14.8 Å². The van der Waals surface area contributed by atoms with Gasteiger partial charge in [-0.3, -0.25) is 4.57 Å². The number of carbonyl (C=O) groups excluding carboxylic acids is 1. The second-order valence-corrected chi connectivity index (χ2v) is 6.15. The highest BCUT2D eigenvalue weighted by atomic mass is 16.6. The van der Waals surface area contributed by atoms with Crippen LogP contribution in [-0.2, 0) is 4.74 Å². The van der Waals surface area contributed by atoms with E-state index in [1.54, 1.807) is 18.5 Å². The molecule has 5 heteroatoms. The fourth-order valence-electron chi connectivity index (χ4n) is 2.46. The van der Waals surface area contributed by atoms with Gasteiger partial charge in [0.1, 0.15) is 5.60 Å². The van der Waals surface area contributed by atoms with Crippen molar-refractivity contribution in [3.63, 3.8) is 0 Å². The molecule has 2 aromatic heterocycles. The minimum absolute atomic E-state index is 0.0857. The summed E-state index contributed by atoms with van der Waals surface area (Å²) in [5.74, 6) is 0.0857. The van der Waals surface area contributed by atoms with Gasteiger partial charge in [-0.1, -0.05) is 18.2 Å². The van der Waals surface area contributed by atoms with Crippen LogP contribution in [0, 0.1) is 0 Å². The fourth-order valence-corrected chi connectivity index (χ4v) is 2.46. The monoisotopic (exact) mass is 298 g/mol. The maximum absolute atomic E-state index is 12.3. The van der Waals surface area contributed by atoms with Crippen molar-refractivity contribution in [3.8, 4) is 17.1 Å². The van der Waals surface area contributed by atoms with E-state index < -0.39 is 11.7 Å². The number of H-pyrrole nitrogens is 1. The molecule has 2 N–H and O–H groups in total. The number of nitrogens with zero attached hydrogens (tertiary/aromatic N) is 1. The van der Waals surface area contributed by atoms with Gasteiger partial charge in [-0.15, -0.1) is 0 Å². The predicted octanol–water partition coefficient (Wildman–Crippen LogP) is 4.13. The summed E-state index contributed by atoms with van der Waals surface area (Å²) in [6.07, 6.45) is 2.94. The molecule has 2 heterocycles. The molecule has 0 aliphatic carbocycles. The summed E-state index contributed by atoms with van der Waals surface area (Å²) >= 11 is 0. The van der Waals surface area contributed by atoms with E-state index in [4.69, 9.17) is 4.74 Å². The number of benzene rings is 1. The zero-order chi connectivity index (χ0) is 15.9. The molecule has 0 spiro atoms. The number of aromatic hydroxyl groups is 1. The Bertz CT molecular complexity index is 837. The quantitative estimate of drug-likeness (QED) is 0.710. The first-order valence-electron chi connectivity index (χ1n) is 7.07. The zero-order valence-electron chi connectivity index (χ0n) is 12.8. The molecule has 22 heavy (non-hydrogen) atoms. The summed E-state index contributed by atoms with van der Waals surface area (Å²) in [4.78, 5) is 15.1. The van der Waals surface area contributed by atoms with Crippen molar-refractivity contribution in [2.45, 2.75) is 26.4 Å². The van der Waals surface area contributed by atoms with Crippen LogP contribution in [0.1, 0.15) is 20.8 Å². The van der Waals surface area contributed by atoms with E-state index in [9.17, 15) is 9.90 Å². The van der Waals surface area contributed by atoms with Crippen LogP contribution >= 0.6 is 0 Å². The molecule has 0 atom stereocenters. The van der Waals surface area contributed by atoms with Crippen LogP contribution in [0.4, 0.5) is 4.79 Å². The van der Waals surface area contributed by atoms with Gasteiger partial charge in [0.15, 0.2) is 5.88 Å². The predicted molar refractivity (Wildman–Crippen MR) is 85.0 cm³/mol. The van der Waals surface area contributed by atoms with E-state index in [0.29, 0.717) is 11.1 Å². The molecule has 3 aromatic rings. The molecule has 3 rings (SSSR count). The van der Waals surface area contributed by atoms with E-state index in [1.807, 2.05) is 45.0 Å². The largest absolute Gasteiger partial charge is 0.494 e. The average molecular weight is 298 g/mol. The third kappa shape index (κ3) is 2.45. The molecule has 1 aromatic carbocycles. The van der Waals surface area contributed by atoms with Crippen LogP contribution in [0.3, 0.4) is 0 Å².